The van der Waals surface area contributed by atoms with Gasteiger partial charge in [-0.1, -0.05) is 30.9 Å². The van der Waals surface area contributed by atoms with Crippen LogP contribution < -0.4 is 25.0 Å². The maximum Gasteiger partial charge on any atom is 0.273 e. The van der Waals surface area contributed by atoms with Gasteiger partial charge in [0, 0.05) is 11.3 Å². The van der Waals surface area contributed by atoms with E-state index in [4.69, 9.17) is 9.47 Å². The molecule has 0 aliphatic heterocycles. The van der Waals surface area contributed by atoms with E-state index < -0.39 is 21.8 Å². The lowest BCUT2D eigenvalue weighted by Gasteiger charge is -2.12. The van der Waals surface area contributed by atoms with Crippen molar-refractivity contribution >= 4 is 27.5 Å². The molecule has 0 aromatic heterocycles. The third-order valence-corrected chi connectivity index (χ3v) is 5.91. The molecular weight excluding hydrogens is 458 g/mol. The SMILES string of the molecule is C=CCOc1ccccc1C(=O)NNC(=O)c1cccc(S(=O)(=O)Nc2ccc(OC)cc2)c1. The minimum Gasteiger partial charge on any atom is -0.497 e. The van der Waals surface area contributed by atoms with Gasteiger partial charge in [0.05, 0.1) is 17.6 Å². The van der Waals surface area contributed by atoms with Crippen molar-refractivity contribution in [3.8, 4) is 11.5 Å². The number of ether oxygens (including phenoxy) is 2. The molecule has 3 aromatic carbocycles. The molecule has 3 aromatic rings. The number of sulfonamides is 1. The molecule has 0 aliphatic rings. The van der Waals surface area contributed by atoms with Crippen molar-refractivity contribution in [1.82, 2.24) is 10.9 Å². The minimum atomic E-state index is -3.96. The maximum atomic E-state index is 12.7. The average molecular weight is 482 g/mol. The van der Waals surface area contributed by atoms with E-state index in [2.05, 4.69) is 22.2 Å². The Morgan fingerprint density at radius 3 is 2.35 bits per heavy atom. The molecule has 0 atom stereocenters. The Morgan fingerprint density at radius 2 is 1.65 bits per heavy atom. The molecule has 0 radical (unpaired) electrons. The molecule has 3 rings (SSSR count). The van der Waals surface area contributed by atoms with Gasteiger partial charge in [-0.25, -0.2) is 8.42 Å². The number of hydrogen-bond acceptors (Lipinski definition) is 6. The van der Waals surface area contributed by atoms with E-state index in [0.29, 0.717) is 17.2 Å². The first kappa shape index (κ1) is 24.3. The Hall–Kier alpha value is -4.31. The molecule has 0 fully saturated rings. The lowest BCUT2D eigenvalue weighted by molar-refractivity contribution is 0.0844. The number of hydrazine groups is 1. The summed E-state index contributed by atoms with van der Waals surface area (Å²) in [7, 11) is -2.45. The molecule has 9 nitrogen and oxygen atoms in total. The van der Waals surface area contributed by atoms with Crippen LogP contribution in [0.2, 0.25) is 0 Å². The Bertz CT molecular complexity index is 1290. The number of anilines is 1. The average Bonchev–Trinajstić information content (AvgIpc) is 2.86. The zero-order valence-electron chi connectivity index (χ0n) is 18.3. The highest BCUT2D eigenvalue weighted by Gasteiger charge is 2.18. The molecular formula is C24H23N3O6S. The smallest absolute Gasteiger partial charge is 0.273 e. The highest BCUT2D eigenvalue weighted by Crippen LogP contribution is 2.20. The summed E-state index contributed by atoms with van der Waals surface area (Å²) in [4.78, 5) is 24.9. The van der Waals surface area contributed by atoms with Crippen LogP contribution in [0.15, 0.2) is 90.3 Å². The largest absolute Gasteiger partial charge is 0.497 e. The summed E-state index contributed by atoms with van der Waals surface area (Å²) in [5.41, 5.74) is 5.16. The lowest BCUT2D eigenvalue weighted by atomic mass is 10.2. The standard InChI is InChI=1S/C24H23N3O6S/c1-3-15-33-22-10-5-4-9-21(22)24(29)26-25-23(28)17-7-6-8-20(16-17)34(30,31)27-18-11-13-19(32-2)14-12-18/h3-14,16,27H,1,15H2,2H3,(H,25,28)(H,26,29). The van der Waals surface area contributed by atoms with Gasteiger partial charge >= 0.3 is 0 Å². The van der Waals surface area contributed by atoms with E-state index in [9.17, 15) is 18.0 Å². The van der Waals surface area contributed by atoms with Gasteiger partial charge in [0.2, 0.25) is 0 Å². The predicted molar refractivity (Wildman–Crippen MR) is 127 cm³/mol. The lowest BCUT2D eigenvalue weighted by Crippen LogP contribution is -2.41. The first-order valence-electron chi connectivity index (χ1n) is 10.0. The number of rotatable bonds is 9. The number of hydrogen-bond donors (Lipinski definition) is 3. The summed E-state index contributed by atoms with van der Waals surface area (Å²) in [5, 5.41) is 0. The first-order chi connectivity index (χ1) is 16.3. The van der Waals surface area contributed by atoms with Crippen LogP contribution in [0.5, 0.6) is 11.5 Å². The summed E-state index contributed by atoms with van der Waals surface area (Å²) in [5.74, 6) is -0.386. The van der Waals surface area contributed by atoms with Crippen molar-refractivity contribution in [3.05, 3.63) is 96.6 Å². The maximum absolute atomic E-state index is 12.7. The van der Waals surface area contributed by atoms with Crippen LogP contribution in [0.1, 0.15) is 20.7 Å². The fourth-order valence-electron chi connectivity index (χ4n) is 2.86. The molecule has 34 heavy (non-hydrogen) atoms. The topological polar surface area (TPSA) is 123 Å². The zero-order chi connectivity index (χ0) is 24.6. The fraction of sp³-hybridized carbons (Fsp3) is 0.0833. The molecule has 3 N–H and O–H groups in total. The number of methoxy groups -OCH3 is 1. The molecule has 176 valence electrons. The van der Waals surface area contributed by atoms with E-state index >= 15 is 0 Å². The molecule has 0 bridgehead atoms. The highest BCUT2D eigenvalue weighted by atomic mass is 32.2. The Morgan fingerprint density at radius 1 is 0.941 bits per heavy atom. The highest BCUT2D eigenvalue weighted by molar-refractivity contribution is 7.92. The molecule has 0 saturated heterocycles. The van der Waals surface area contributed by atoms with Gasteiger partial charge in [0.1, 0.15) is 18.1 Å². The molecule has 0 saturated carbocycles. The second kappa shape index (κ2) is 11.0. The molecule has 10 heteroatoms. The third kappa shape index (κ3) is 6.14. The third-order valence-electron chi connectivity index (χ3n) is 4.53. The van der Waals surface area contributed by atoms with Gasteiger partial charge in [-0.05, 0) is 54.6 Å². The Kier molecular flexibility index (Phi) is 7.88. The second-order valence-corrected chi connectivity index (χ2v) is 8.55. The number of nitrogens with one attached hydrogen (secondary N) is 3. The Balaban J connectivity index is 1.68. The summed E-state index contributed by atoms with van der Waals surface area (Å²) in [6.07, 6.45) is 1.54. The van der Waals surface area contributed by atoms with Gasteiger partial charge < -0.3 is 9.47 Å². The van der Waals surface area contributed by atoms with Crippen molar-refractivity contribution in [2.75, 3.05) is 18.4 Å². The van der Waals surface area contributed by atoms with Crippen molar-refractivity contribution in [3.63, 3.8) is 0 Å². The molecule has 0 unspecified atom stereocenters. The number of carbonyl (C=O) groups excluding carboxylic acids is 2. The summed E-state index contributed by atoms with van der Waals surface area (Å²) in [6, 6.07) is 18.3. The quantitative estimate of drug-likeness (QED) is 0.319. The van der Waals surface area contributed by atoms with Crippen molar-refractivity contribution in [1.29, 1.82) is 0 Å². The van der Waals surface area contributed by atoms with Crippen LogP contribution in [0.3, 0.4) is 0 Å². The van der Waals surface area contributed by atoms with Gasteiger partial charge in [-0.3, -0.25) is 25.2 Å². The zero-order valence-corrected chi connectivity index (χ0v) is 19.1. The predicted octanol–water partition coefficient (Wildman–Crippen LogP) is 3.14. The number of benzene rings is 3. The van der Waals surface area contributed by atoms with Crippen LogP contribution in [0, 0.1) is 0 Å². The van der Waals surface area contributed by atoms with Crippen LogP contribution in [0.4, 0.5) is 5.69 Å². The van der Waals surface area contributed by atoms with Crippen LogP contribution >= 0.6 is 0 Å². The molecule has 0 spiro atoms. The van der Waals surface area contributed by atoms with E-state index in [1.807, 2.05) is 0 Å². The van der Waals surface area contributed by atoms with Crippen LogP contribution in [-0.2, 0) is 10.0 Å². The summed E-state index contributed by atoms with van der Waals surface area (Å²) < 4.78 is 38.4. The minimum absolute atomic E-state index is 0.0362. The summed E-state index contributed by atoms with van der Waals surface area (Å²) in [6.45, 7) is 3.77. The molecule has 0 heterocycles. The van der Waals surface area contributed by atoms with Crippen LogP contribution in [-0.4, -0.2) is 33.9 Å². The molecule has 0 aliphatic carbocycles. The van der Waals surface area contributed by atoms with Gasteiger partial charge in [-0.15, -0.1) is 0 Å². The van der Waals surface area contributed by atoms with Gasteiger partial charge in [0.25, 0.3) is 21.8 Å². The number of carbonyl (C=O) groups is 2. The van der Waals surface area contributed by atoms with E-state index in [1.165, 1.54) is 37.4 Å². The van der Waals surface area contributed by atoms with Crippen molar-refractivity contribution in [2.45, 2.75) is 4.90 Å². The van der Waals surface area contributed by atoms with E-state index in [1.54, 1.807) is 48.5 Å². The van der Waals surface area contributed by atoms with Gasteiger partial charge in [0.15, 0.2) is 0 Å². The summed E-state index contributed by atoms with van der Waals surface area (Å²) >= 11 is 0. The number of para-hydroxylation sites is 1. The second-order valence-electron chi connectivity index (χ2n) is 6.87. The Labute approximate surface area is 197 Å². The van der Waals surface area contributed by atoms with Crippen LogP contribution in [0.25, 0.3) is 0 Å². The van der Waals surface area contributed by atoms with E-state index in [0.717, 1.165) is 0 Å². The van der Waals surface area contributed by atoms with E-state index in [-0.39, 0.29) is 22.6 Å². The first-order valence-corrected chi connectivity index (χ1v) is 11.5. The normalized spacial score (nSPS) is 10.6. The fourth-order valence-corrected chi connectivity index (χ4v) is 3.96. The molecule has 2 amide bonds. The van der Waals surface area contributed by atoms with Gasteiger partial charge in [-0.2, -0.15) is 0 Å². The van der Waals surface area contributed by atoms with Crippen molar-refractivity contribution in [2.24, 2.45) is 0 Å². The van der Waals surface area contributed by atoms with Crippen molar-refractivity contribution < 1.29 is 27.5 Å². The monoisotopic (exact) mass is 481 g/mol. The number of amides is 2.